The molecule has 148 valence electrons. The van der Waals surface area contributed by atoms with Gasteiger partial charge in [-0.05, 0) is 22.9 Å². The standard InChI is InChI=1S/C22H27N3O3/c1-16(2)22(28)25-13-11-24(12-14-25)20(26)9-10-23-21(27)19-8-7-17-5-3-4-6-18(17)15-19/h3-8,15-16H,9-14H2,1-2H3,(H,23,27). The minimum absolute atomic E-state index is 0.00968. The van der Waals surface area contributed by atoms with Crippen LogP contribution >= 0.6 is 0 Å². The molecule has 0 spiro atoms. The number of hydrogen-bond acceptors (Lipinski definition) is 3. The van der Waals surface area contributed by atoms with Crippen LogP contribution in [0.15, 0.2) is 42.5 Å². The van der Waals surface area contributed by atoms with E-state index < -0.39 is 0 Å². The van der Waals surface area contributed by atoms with Gasteiger partial charge in [-0.2, -0.15) is 0 Å². The smallest absolute Gasteiger partial charge is 0.251 e. The van der Waals surface area contributed by atoms with Gasteiger partial charge in [-0.15, -0.1) is 0 Å². The molecule has 2 aromatic rings. The van der Waals surface area contributed by atoms with E-state index in [1.54, 1.807) is 11.0 Å². The summed E-state index contributed by atoms with van der Waals surface area (Å²) in [5.41, 5.74) is 0.590. The maximum atomic E-state index is 12.4. The summed E-state index contributed by atoms with van der Waals surface area (Å²) in [6.07, 6.45) is 0.261. The van der Waals surface area contributed by atoms with Gasteiger partial charge in [0.15, 0.2) is 0 Å². The predicted octanol–water partition coefficient (Wildman–Crippen LogP) is 2.29. The summed E-state index contributed by atoms with van der Waals surface area (Å²) in [7, 11) is 0. The van der Waals surface area contributed by atoms with Crippen LogP contribution in [0.3, 0.4) is 0 Å². The third-order valence-corrected chi connectivity index (χ3v) is 5.07. The lowest BCUT2D eigenvalue weighted by atomic mass is 10.1. The van der Waals surface area contributed by atoms with Crippen molar-refractivity contribution in [2.75, 3.05) is 32.7 Å². The van der Waals surface area contributed by atoms with Gasteiger partial charge >= 0.3 is 0 Å². The zero-order chi connectivity index (χ0) is 20.1. The van der Waals surface area contributed by atoms with Crippen LogP contribution in [-0.4, -0.2) is 60.2 Å². The monoisotopic (exact) mass is 381 g/mol. The molecule has 28 heavy (non-hydrogen) atoms. The minimum Gasteiger partial charge on any atom is -0.352 e. The number of amides is 3. The summed E-state index contributed by atoms with van der Waals surface area (Å²) in [6.45, 7) is 6.33. The lowest BCUT2D eigenvalue weighted by Gasteiger charge is -2.35. The Morgan fingerprint density at radius 3 is 2.25 bits per heavy atom. The highest BCUT2D eigenvalue weighted by molar-refractivity contribution is 5.98. The van der Waals surface area contributed by atoms with E-state index in [1.807, 2.05) is 55.1 Å². The first-order chi connectivity index (χ1) is 13.5. The van der Waals surface area contributed by atoms with Gasteiger partial charge in [0, 0.05) is 50.6 Å². The largest absolute Gasteiger partial charge is 0.352 e. The molecule has 1 aliphatic heterocycles. The number of nitrogens with one attached hydrogen (secondary N) is 1. The zero-order valence-corrected chi connectivity index (χ0v) is 16.5. The highest BCUT2D eigenvalue weighted by atomic mass is 16.2. The number of hydrogen-bond donors (Lipinski definition) is 1. The molecule has 0 atom stereocenters. The molecule has 0 aliphatic carbocycles. The average molecular weight is 381 g/mol. The van der Waals surface area contributed by atoms with Gasteiger partial charge in [-0.1, -0.05) is 44.2 Å². The number of benzene rings is 2. The van der Waals surface area contributed by atoms with Crippen LogP contribution < -0.4 is 5.32 Å². The number of piperazine rings is 1. The van der Waals surface area contributed by atoms with Crippen molar-refractivity contribution in [2.45, 2.75) is 20.3 Å². The Bertz CT molecular complexity index is 870. The Labute approximate surface area is 165 Å². The topological polar surface area (TPSA) is 69.7 Å². The van der Waals surface area contributed by atoms with Gasteiger partial charge in [0.2, 0.25) is 11.8 Å². The predicted molar refractivity (Wildman–Crippen MR) is 109 cm³/mol. The van der Waals surface area contributed by atoms with Gasteiger partial charge in [0.1, 0.15) is 0 Å². The van der Waals surface area contributed by atoms with Crippen LogP contribution in [0.4, 0.5) is 0 Å². The quantitative estimate of drug-likeness (QED) is 0.864. The number of nitrogens with zero attached hydrogens (tertiary/aromatic N) is 2. The molecular formula is C22H27N3O3. The van der Waals surface area contributed by atoms with Gasteiger partial charge in [0.05, 0.1) is 0 Å². The molecule has 0 saturated carbocycles. The highest BCUT2D eigenvalue weighted by Crippen LogP contribution is 2.15. The van der Waals surface area contributed by atoms with Crippen LogP contribution in [-0.2, 0) is 9.59 Å². The van der Waals surface area contributed by atoms with E-state index in [0.717, 1.165) is 10.8 Å². The molecule has 0 unspecified atom stereocenters. The maximum Gasteiger partial charge on any atom is 0.251 e. The Morgan fingerprint density at radius 1 is 0.929 bits per heavy atom. The molecule has 6 heteroatoms. The van der Waals surface area contributed by atoms with Crippen LogP contribution in [0, 0.1) is 5.92 Å². The Morgan fingerprint density at radius 2 is 1.57 bits per heavy atom. The van der Waals surface area contributed by atoms with Crippen LogP contribution in [0.25, 0.3) is 10.8 Å². The molecule has 2 aromatic carbocycles. The molecule has 1 aliphatic rings. The van der Waals surface area contributed by atoms with Crippen molar-refractivity contribution in [2.24, 2.45) is 5.92 Å². The van der Waals surface area contributed by atoms with Crippen molar-refractivity contribution in [3.63, 3.8) is 0 Å². The summed E-state index contributed by atoms with van der Waals surface area (Å²) in [5.74, 6) is -0.0521. The first-order valence-electron chi connectivity index (χ1n) is 9.79. The van der Waals surface area contributed by atoms with Gasteiger partial charge in [-0.25, -0.2) is 0 Å². The van der Waals surface area contributed by atoms with Gasteiger partial charge in [0.25, 0.3) is 5.91 Å². The Hall–Kier alpha value is -2.89. The minimum atomic E-state index is -0.175. The van der Waals surface area contributed by atoms with E-state index in [0.29, 0.717) is 38.3 Å². The molecule has 0 aromatic heterocycles. The van der Waals surface area contributed by atoms with Gasteiger partial charge < -0.3 is 15.1 Å². The summed E-state index contributed by atoms with van der Waals surface area (Å²) < 4.78 is 0. The van der Waals surface area contributed by atoms with E-state index in [-0.39, 0.29) is 30.1 Å². The van der Waals surface area contributed by atoms with Crippen molar-refractivity contribution in [3.8, 4) is 0 Å². The van der Waals surface area contributed by atoms with E-state index in [1.165, 1.54) is 0 Å². The Kier molecular flexibility index (Phi) is 6.29. The van der Waals surface area contributed by atoms with Crippen molar-refractivity contribution in [1.82, 2.24) is 15.1 Å². The molecule has 1 fully saturated rings. The van der Waals surface area contributed by atoms with E-state index in [9.17, 15) is 14.4 Å². The second-order valence-electron chi connectivity index (χ2n) is 7.43. The normalized spacial score (nSPS) is 14.4. The molecule has 3 amide bonds. The summed E-state index contributed by atoms with van der Waals surface area (Å²) in [4.78, 5) is 40.3. The van der Waals surface area contributed by atoms with E-state index in [4.69, 9.17) is 0 Å². The third kappa shape index (κ3) is 4.68. The average Bonchev–Trinajstić information content (AvgIpc) is 2.72. The maximum absolute atomic E-state index is 12.4. The summed E-state index contributed by atoms with van der Waals surface area (Å²) in [5, 5.41) is 4.93. The first kappa shape index (κ1) is 19.9. The number of carbonyl (C=O) groups excluding carboxylic acids is 3. The molecule has 1 N–H and O–H groups in total. The molecule has 1 heterocycles. The zero-order valence-electron chi connectivity index (χ0n) is 16.5. The van der Waals surface area contributed by atoms with Crippen molar-refractivity contribution in [1.29, 1.82) is 0 Å². The fourth-order valence-corrected chi connectivity index (χ4v) is 3.42. The molecule has 6 nitrogen and oxygen atoms in total. The molecule has 3 rings (SSSR count). The number of fused-ring (bicyclic) bond motifs is 1. The summed E-state index contributed by atoms with van der Waals surface area (Å²) in [6, 6.07) is 13.5. The lowest BCUT2D eigenvalue weighted by Crippen LogP contribution is -2.51. The van der Waals surface area contributed by atoms with Crippen molar-refractivity contribution >= 4 is 28.5 Å². The number of rotatable bonds is 5. The van der Waals surface area contributed by atoms with Crippen molar-refractivity contribution in [3.05, 3.63) is 48.0 Å². The van der Waals surface area contributed by atoms with Crippen LogP contribution in [0.2, 0.25) is 0 Å². The Balaban J connectivity index is 1.45. The molecule has 1 saturated heterocycles. The van der Waals surface area contributed by atoms with Crippen LogP contribution in [0.5, 0.6) is 0 Å². The SMILES string of the molecule is CC(C)C(=O)N1CCN(C(=O)CCNC(=O)c2ccc3ccccc3c2)CC1. The highest BCUT2D eigenvalue weighted by Gasteiger charge is 2.25. The van der Waals surface area contributed by atoms with Crippen molar-refractivity contribution < 1.29 is 14.4 Å². The van der Waals surface area contributed by atoms with Gasteiger partial charge in [-0.3, -0.25) is 14.4 Å². The molecule has 0 bridgehead atoms. The van der Waals surface area contributed by atoms with E-state index in [2.05, 4.69) is 5.32 Å². The fraction of sp³-hybridized carbons (Fsp3) is 0.409. The second kappa shape index (κ2) is 8.87. The molecular weight excluding hydrogens is 354 g/mol. The van der Waals surface area contributed by atoms with Crippen LogP contribution in [0.1, 0.15) is 30.6 Å². The number of carbonyl (C=O) groups is 3. The fourth-order valence-electron chi connectivity index (χ4n) is 3.42. The lowest BCUT2D eigenvalue weighted by molar-refractivity contribution is -0.141. The first-order valence-corrected chi connectivity index (χ1v) is 9.79. The van der Waals surface area contributed by atoms with E-state index >= 15 is 0 Å². The third-order valence-electron chi connectivity index (χ3n) is 5.07. The second-order valence-corrected chi connectivity index (χ2v) is 7.43. The molecule has 0 radical (unpaired) electrons. The summed E-state index contributed by atoms with van der Waals surface area (Å²) >= 11 is 0.